The molecule has 0 spiro atoms. The molecular weight excluding hydrogens is 339 g/mol. The standard InChI is InChI=1S/C18H19FN4OS/c1-2-22(10-12-3-7-14(19)8-4-12)11-15-9-16(24)23-18(20-15)25-17(21-23)13-5-6-13/h3-4,7-9,13H,2,5-6,10-11H2,1H3. The molecular formula is C18H19FN4OS. The number of hydrogen-bond acceptors (Lipinski definition) is 5. The highest BCUT2D eigenvalue weighted by Crippen LogP contribution is 2.41. The van der Waals surface area contributed by atoms with Crippen LogP contribution < -0.4 is 5.56 Å². The van der Waals surface area contributed by atoms with Crippen molar-refractivity contribution in [2.75, 3.05) is 6.54 Å². The second kappa shape index (κ2) is 6.65. The normalized spacial score (nSPS) is 14.5. The van der Waals surface area contributed by atoms with E-state index in [2.05, 4.69) is 21.9 Å². The van der Waals surface area contributed by atoms with E-state index in [1.54, 1.807) is 18.2 Å². The molecule has 0 aliphatic heterocycles. The molecule has 4 rings (SSSR count). The minimum Gasteiger partial charge on any atom is -0.294 e. The van der Waals surface area contributed by atoms with E-state index in [9.17, 15) is 9.18 Å². The fraction of sp³-hybridized carbons (Fsp3) is 0.389. The number of rotatable bonds is 6. The molecule has 2 heterocycles. The molecule has 1 aliphatic rings. The summed E-state index contributed by atoms with van der Waals surface area (Å²) in [5.74, 6) is 0.281. The first-order valence-corrected chi connectivity index (χ1v) is 9.30. The monoisotopic (exact) mass is 358 g/mol. The van der Waals surface area contributed by atoms with E-state index in [0.29, 0.717) is 24.0 Å². The van der Waals surface area contributed by atoms with Crippen molar-refractivity contribution in [3.63, 3.8) is 0 Å². The van der Waals surface area contributed by atoms with Crippen molar-refractivity contribution in [2.45, 2.75) is 38.8 Å². The van der Waals surface area contributed by atoms with Crippen LogP contribution >= 0.6 is 11.3 Å². The zero-order valence-corrected chi connectivity index (χ0v) is 14.8. The van der Waals surface area contributed by atoms with Gasteiger partial charge in [0.2, 0.25) is 4.96 Å². The maximum atomic E-state index is 13.0. The molecule has 25 heavy (non-hydrogen) atoms. The van der Waals surface area contributed by atoms with E-state index < -0.39 is 0 Å². The molecule has 0 N–H and O–H groups in total. The minimum absolute atomic E-state index is 0.124. The smallest absolute Gasteiger partial charge is 0.275 e. The van der Waals surface area contributed by atoms with Crippen LogP contribution in [0.15, 0.2) is 35.1 Å². The number of halogens is 1. The molecule has 0 amide bonds. The predicted octanol–water partition coefficient (Wildman–Crippen LogP) is 3.19. The Kier molecular flexibility index (Phi) is 4.35. The molecule has 1 aromatic carbocycles. The number of fused-ring (bicyclic) bond motifs is 1. The van der Waals surface area contributed by atoms with Crippen LogP contribution in [0.25, 0.3) is 4.96 Å². The summed E-state index contributed by atoms with van der Waals surface area (Å²) in [4.78, 5) is 19.8. The van der Waals surface area contributed by atoms with E-state index in [1.165, 1.54) is 28.0 Å². The highest BCUT2D eigenvalue weighted by Gasteiger charge is 2.28. The first kappa shape index (κ1) is 16.4. The van der Waals surface area contributed by atoms with E-state index in [4.69, 9.17) is 0 Å². The first-order valence-electron chi connectivity index (χ1n) is 8.49. The van der Waals surface area contributed by atoms with E-state index in [-0.39, 0.29) is 11.4 Å². The summed E-state index contributed by atoms with van der Waals surface area (Å²) >= 11 is 1.52. The van der Waals surface area contributed by atoms with Gasteiger partial charge in [0.1, 0.15) is 10.8 Å². The largest absolute Gasteiger partial charge is 0.294 e. The predicted molar refractivity (Wildman–Crippen MR) is 95.3 cm³/mol. The third-order valence-corrected chi connectivity index (χ3v) is 5.46. The molecule has 130 valence electrons. The second-order valence-corrected chi connectivity index (χ2v) is 7.41. The van der Waals surface area contributed by atoms with Crippen LogP contribution in [0.2, 0.25) is 0 Å². The van der Waals surface area contributed by atoms with Crippen LogP contribution in [0, 0.1) is 5.82 Å². The van der Waals surface area contributed by atoms with Crippen molar-refractivity contribution in [1.82, 2.24) is 19.5 Å². The van der Waals surface area contributed by atoms with Gasteiger partial charge in [-0.25, -0.2) is 9.37 Å². The Morgan fingerprint density at radius 3 is 2.72 bits per heavy atom. The van der Waals surface area contributed by atoms with Gasteiger partial charge in [0.25, 0.3) is 5.56 Å². The summed E-state index contributed by atoms with van der Waals surface area (Å²) in [6.07, 6.45) is 2.31. The van der Waals surface area contributed by atoms with E-state index >= 15 is 0 Å². The first-order chi connectivity index (χ1) is 12.1. The van der Waals surface area contributed by atoms with Crippen molar-refractivity contribution in [3.8, 4) is 0 Å². The fourth-order valence-corrected chi connectivity index (χ4v) is 3.90. The number of hydrogen-bond donors (Lipinski definition) is 0. The van der Waals surface area contributed by atoms with Crippen LogP contribution in [0.3, 0.4) is 0 Å². The van der Waals surface area contributed by atoms with Gasteiger partial charge in [0.05, 0.1) is 5.69 Å². The molecule has 7 heteroatoms. The summed E-state index contributed by atoms with van der Waals surface area (Å²) in [5.41, 5.74) is 1.66. The van der Waals surface area contributed by atoms with Crippen LogP contribution in [0.1, 0.15) is 41.9 Å². The zero-order chi connectivity index (χ0) is 17.4. The van der Waals surface area contributed by atoms with Crippen LogP contribution in [0.4, 0.5) is 4.39 Å². The SMILES string of the molecule is CCN(Cc1ccc(F)cc1)Cc1cc(=O)n2nc(C3CC3)sc2n1. The highest BCUT2D eigenvalue weighted by atomic mass is 32.1. The van der Waals surface area contributed by atoms with Gasteiger partial charge in [-0.3, -0.25) is 9.69 Å². The lowest BCUT2D eigenvalue weighted by Crippen LogP contribution is -2.25. The highest BCUT2D eigenvalue weighted by molar-refractivity contribution is 7.16. The van der Waals surface area contributed by atoms with Gasteiger partial charge in [-0.2, -0.15) is 9.61 Å². The molecule has 0 unspecified atom stereocenters. The fourth-order valence-electron chi connectivity index (χ4n) is 2.80. The molecule has 0 bridgehead atoms. The van der Waals surface area contributed by atoms with Gasteiger partial charge in [0.15, 0.2) is 0 Å². The van der Waals surface area contributed by atoms with Crippen molar-refractivity contribution >= 4 is 16.3 Å². The maximum Gasteiger partial charge on any atom is 0.275 e. The quantitative estimate of drug-likeness (QED) is 0.679. The van der Waals surface area contributed by atoms with Crippen molar-refractivity contribution in [1.29, 1.82) is 0 Å². The van der Waals surface area contributed by atoms with Gasteiger partial charge in [-0.15, -0.1) is 0 Å². The van der Waals surface area contributed by atoms with Crippen LogP contribution in [-0.4, -0.2) is 26.0 Å². The molecule has 1 fully saturated rings. The molecule has 2 aromatic heterocycles. The summed E-state index contributed by atoms with van der Waals surface area (Å²) in [6, 6.07) is 8.08. The zero-order valence-electron chi connectivity index (χ0n) is 14.0. The lowest BCUT2D eigenvalue weighted by molar-refractivity contribution is 0.268. The molecule has 0 radical (unpaired) electrons. The van der Waals surface area contributed by atoms with Gasteiger partial charge < -0.3 is 0 Å². The molecule has 0 saturated heterocycles. The second-order valence-electron chi connectivity index (χ2n) is 6.42. The van der Waals surface area contributed by atoms with Gasteiger partial charge in [0, 0.05) is 25.1 Å². The van der Waals surface area contributed by atoms with E-state index in [0.717, 1.165) is 35.7 Å². The molecule has 0 atom stereocenters. The Morgan fingerprint density at radius 1 is 1.28 bits per heavy atom. The van der Waals surface area contributed by atoms with Gasteiger partial charge >= 0.3 is 0 Å². The van der Waals surface area contributed by atoms with Crippen molar-refractivity contribution in [2.24, 2.45) is 0 Å². The molecule has 1 aliphatic carbocycles. The molecule has 3 aromatic rings. The Bertz CT molecular complexity index is 946. The average molecular weight is 358 g/mol. The van der Waals surface area contributed by atoms with Gasteiger partial charge in [-0.1, -0.05) is 30.4 Å². The Hall–Kier alpha value is -2.12. The average Bonchev–Trinajstić information content (AvgIpc) is 3.36. The lowest BCUT2D eigenvalue weighted by Gasteiger charge is -2.19. The van der Waals surface area contributed by atoms with E-state index in [1.807, 2.05) is 0 Å². The van der Waals surface area contributed by atoms with Crippen LogP contribution in [-0.2, 0) is 13.1 Å². The summed E-state index contributed by atoms with van der Waals surface area (Å²) in [5, 5.41) is 5.42. The lowest BCUT2D eigenvalue weighted by atomic mass is 10.2. The Labute approximate surface area is 148 Å². The minimum atomic E-state index is -0.233. The summed E-state index contributed by atoms with van der Waals surface area (Å²) < 4.78 is 14.5. The molecule has 1 saturated carbocycles. The molecule has 5 nitrogen and oxygen atoms in total. The third-order valence-electron chi connectivity index (χ3n) is 4.39. The Morgan fingerprint density at radius 2 is 2.04 bits per heavy atom. The number of aromatic nitrogens is 3. The van der Waals surface area contributed by atoms with Crippen molar-refractivity contribution < 1.29 is 4.39 Å². The number of nitrogens with zero attached hydrogens (tertiary/aromatic N) is 4. The maximum absolute atomic E-state index is 13.0. The summed E-state index contributed by atoms with van der Waals surface area (Å²) in [6.45, 7) is 4.14. The van der Waals surface area contributed by atoms with Gasteiger partial charge in [-0.05, 0) is 37.1 Å². The third kappa shape index (κ3) is 3.62. The topological polar surface area (TPSA) is 50.5 Å². The Balaban J connectivity index is 1.55. The number of benzene rings is 1. The summed E-state index contributed by atoms with van der Waals surface area (Å²) in [7, 11) is 0. The van der Waals surface area contributed by atoms with Crippen molar-refractivity contribution in [3.05, 3.63) is 62.8 Å². The van der Waals surface area contributed by atoms with Crippen LogP contribution in [0.5, 0.6) is 0 Å².